The van der Waals surface area contributed by atoms with E-state index in [9.17, 15) is 24.5 Å². The van der Waals surface area contributed by atoms with Crippen LogP contribution in [-0.4, -0.2) is 46.3 Å². The molecule has 11 nitrogen and oxygen atoms in total. The van der Waals surface area contributed by atoms with Gasteiger partial charge in [-0.1, -0.05) is 6.92 Å². The molecule has 156 valence electrons. The number of aromatic nitrogens is 2. The largest absolute Gasteiger partial charge is 0.465 e. The average molecular weight is 424 g/mol. The van der Waals surface area contributed by atoms with Crippen molar-refractivity contribution in [1.82, 2.24) is 9.78 Å². The van der Waals surface area contributed by atoms with Gasteiger partial charge in [0.1, 0.15) is 22.3 Å². The zero-order valence-electron chi connectivity index (χ0n) is 16.1. The topological polar surface area (TPSA) is 143 Å². The Hall–Kier alpha value is -3.28. The molecule has 0 unspecified atom stereocenters. The minimum atomic E-state index is -0.645. The Morgan fingerprint density at radius 3 is 2.66 bits per heavy atom. The van der Waals surface area contributed by atoms with Gasteiger partial charge in [0.2, 0.25) is 5.91 Å². The van der Waals surface area contributed by atoms with Crippen molar-refractivity contribution in [3.05, 3.63) is 38.5 Å². The summed E-state index contributed by atoms with van der Waals surface area (Å²) in [6, 6.07) is 0. The van der Waals surface area contributed by atoms with E-state index in [4.69, 9.17) is 9.47 Å². The number of nitro groups is 1. The Morgan fingerprint density at radius 2 is 2.07 bits per heavy atom. The number of carbonyl (C=O) groups is 3. The molecule has 0 atom stereocenters. The Kier molecular flexibility index (Phi) is 7.42. The van der Waals surface area contributed by atoms with Crippen molar-refractivity contribution in [3.8, 4) is 0 Å². The molecule has 0 aromatic carbocycles. The van der Waals surface area contributed by atoms with E-state index >= 15 is 0 Å². The number of esters is 2. The number of ether oxygens (including phenoxy) is 2. The molecule has 0 bridgehead atoms. The van der Waals surface area contributed by atoms with E-state index in [1.54, 1.807) is 6.92 Å². The van der Waals surface area contributed by atoms with Gasteiger partial charge >= 0.3 is 17.6 Å². The molecule has 2 rings (SSSR count). The first-order chi connectivity index (χ1) is 13.8. The van der Waals surface area contributed by atoms with E-state index in [2.05, 4.69) is 10.4 Å². The molecular formula is C17H20N4O7S. The van der Waals surface area contributed by atoms with Crippen LogP contribution in [0.5, 0.6) is 0 Å². The molecule has 0 radical (unpaired) electrons. The van der Waals surface area contributed by atoms with Gasteiger partial charge in [-0.3, -0.25) is 19.6 Å². The number of amides is 1. The second-order valence-electron chi connectivity index (χ2n) is 5.90. The molecule has 12 heteroatoms. The lowest BCUT2D eigenvalue weighted by molar-refractivity contribution is -0.385. The monoisotopic (exact) mass is 424 g/mol. The summed E-state index contributed by atoms with van der Waals surface area (Å²) in [5.74, 6) is -1.72. The highest BCUT2D eigenvalue weighted by Crippen LogP contribution is 2.34. The van der Waals surface area contributed by atoms with Crippen molar-refractivity contribution in [2.24, 2.45) is 0 Å². The van der Waals surface area contributed by atoms with Gasteiger partial charge in [-0.2, -0.15) is 5.10 Å². The lowest BCUT2D eigenvalue weighted by Crippen LogP contribution is -2.17. The number of aryl methyl sites for hydroxylation is 1. The van der Waals surface area contributed by atoms with Gasteiger partial charge < -0.3 is 14.8 Å². The summed E-state index contributed by atoms with van der Waals surface area (Å²) in [5.41, 5.74) is 0.288. The van der Waals surface area contributed by atoms with E-state index in [-0.39, 0.29) is 40.7 Å². The van der Waals surface area contributed by atoms with Gasteiger partial charge in [-0.25, -0.2) is 9.59 Å². The molecule has 0 aliphatic heterocycles. The molecule has 2 aromatic heterocycles. The molecule has 0 aliphatic rings. The summed E-state index contributed by atoms with van der Waals surface area (Å²) >= 11 is 0.920. The second kappa shape index (κ2) is 9.78. The first kappa shape index (κ1) is 22.0. The van der Waals surface area contributed by atoms with Crippen molar-refractivity contribution in [2.45, 2.75) is 33.2 Å². The fourth-order valence-corrected chi connectivity index (χ4v) is 3.51. The van der Waals surface area contributed by atoms with Crippen LogP contribution >= 0.6 is 11.3 Å². The van der Waals surface area contributed by atoms with Crippen molar-refractivity contribution in [2.75, 3.05) is 19.0 Å². The third-order valence-electron chi connectivity index (χ3n) is 3.81. The lowest BCUT2D eigenvalue weighted by atomic mass is 10.1. The number of nitrogens with zero attached hydrogens (tertiary/aromatic N) is 3. The predicted molar refractivity (Wildman–Crippen MR) is 103 cm³/mol. The van der Waals surface area contributed by atoms with Crippen LogP contribution in [0, 0.1) is 17.0 Å². The summed E-state index contributed by atoms with van der Waals surface area (Å²) in [4.78, 5) is 47.0. The normalized spacial score (nSPS) is 10.4. The number of anilines is 1. The second-order valence-corrected chi connectivity index (χ2v) is 6.93. The standard InChI is InChI=1S/C17H20N4O7S/c1-4-7-28-16(23)13-10(2)14(17(24)27-3)29-15(13)19-12(22)5-6-20-9-11(8-18-20)21(25)26/h8-9H,4-7H2,1-3H3,(H,19,22). The Labute approximate surface area is 169 Å². The Balaban J connectivity index is 2.16. The number of rotatable bonds is 9. The van der Waals surface area contributed by atoms with Crippen LogP contribution in [0.1, 0.15) is 45.4 Å². The molecule has 0 saturated heterocycles. The molecule has 1 amide bonds. The smallest absolute Gasteiger partial charge is 0.348 e. The Morgan fingerprint density at radius 1 is 1.34 bits per heavy atom. The van der Waals surface area contributed by atoms with Crippen LogP contribution in [-0.2, 0) is 20.8 Å². The third kappa shape index (κ3) is 5.38. The summed E-state index contributed by atoms with van der Waals surface area (Å²) in [7, 11) is 1.22. The molecule has 1 N–H and O–H groups in total. The maximum absolute atomic E-state index is 12.4. The van der Waals surface area contributed by atoms with Crippen LogP contribution in [0.4, 0.5) is 10.7 Å². The molecule has 0 saturated carbocycles. The molecule has 2 aromatic rings. The van der Waals surface area contributed by atoms with Gasteiger partial charge in [0.25, 0.3) is 0 Å². The number of hydrogen-bond donors (Lipinski definition) is 1. The highest BCUT2D eigenvalue weighted by Gasteiger charge is 2.27. The zero-order valence-corrected chi connectivity index (χ0v) is 16.9. The van der Waals surface area contributed by atoms with Crippen molar-refractivity contribution in [3.63, 3.8) is 0 Å². The molecule has 0 spiro atoms. The van der Waals surface area contributed by atoms with E-state index < -0.39 is 22.8 Å². The molecular weight excluding hydrogens is 404 g/mol. The summed E-state index contributed by atoms with van der Waals surface area (Å²) in [6.07, 6.45) is 2.87. The lowest BCUT2D eigenvalue weighted by Gasteiger charge is -2.07. The van der Waals surface area contributed by atoms with E-state index in [0.717, 1.165) is 17.5 Å². The van der Waals surface area contributed by atoms with Gasteiger partial charge in [0, 0.05) is 13.0 Å². The van der Waals surface area contributed by atoms with E-state index in [0.29, 0.717) is 12.0 Å². The number of hydrogen-bond acceptors (Lipinski definition) is 9. The maximum atomic E-state index is 12.4. The van der Waals surface area contributed by atoms with Crippen molar-refractivity contribution < 1.29 is 28.8 Å². The highest BCUT2D eigenvalue weighted by atomic mass is 32.1. The molecule has 29 heavy (non-hydrogen) atoms. The van der Waals surface area contributed by atoms with Gasteiger partial charge in [0.05, 0.1) is 24.2 Å². The number of methoxy groups -OCH3 is 1. The quantitative estimate of drug-likeness (QED) is 0.367. The van der Waals surface area contributed by atoms with E-state index in [1.165, 1.54) is 18.0 Å². The Bertz CT molecular complexity index is 934. The van der Waals surface area contributed by atoms with Crippen LogP contribution in [0.3, 0.4) is 0 Å². The predicted octanol–water partition coefficient (Wildman–Crippen LogP) is 2.54. The zero-order chi connectivity index (χ0) is 21.6. The SMILES string of the molecule is CCCOC(=O)c1c(NC(=O)CCn2cc([N+](=O)[O-])cn2)sc(C(=O)OC)c1C. The first-order valence-corrected chi connectivity index (χ1v) is 9.45. The third-order valence-corrected chi connectivity index (χ3v) is 5.00. The highest BCUT2D eigenvalue weighted by molar-refractivity contribution is 7.18. The number of nitrogens with one attached hydrogen (secondary N) is 1. The molecule has 0 fully saturated rings. The fourth-order valence-electron chi connectivity index (χ4n) is 2.38. The van der Waals surface area contributed by atoms with Crippen LogP contribution in [0.15, 0.2) is 12.4 Å². The van der Waals surface area contributed by atoms with Gasteiger partial charge in [-0.15, -0.1) is 11.3 Å². The maximum Gasteiger partial charge on any atom is 0.348 e. The molecule has 2 heterocycles. The number of thiophene rings is 1. The summed E-state index contributed by atoms with van der Waals surface area (Å²) in [6.45, 7) is 3.72. The van der Waals surface area contributed by atoms with Gasteiger partial charge in [-0.05, 0) is 18.9 Å². The average Bonchev–Trinajstić information content (AvgIpc) is 3.29. The summed E-state index contributed by atoms with van der Waals surface area (Å²) < 4.78 is 11.1. The molecule has 0 aliphatic carbocycles. The number of carbonyl (C=O) groups excluding carboxylic acids is 3. The van der Waals surface area contributed by atoms with Crippen LogP contribution in [0.2, 0.25) is 0 Å². The first-order valence-electron chi connectivity index (χ1n) is 8.64. The summed E-state index contributed by atoms with van der Waals surface area (Å²) in [5, 5.41) is 17.3. The van der Waals surface area contributed by atoms with Gasteiger partial charge in [0.15, 0.2) is 0 Å². The van der Waals surface area contributed by atoms with Crippen molar-refractivity contribution in [1.29, 1.82) is 0 Å². The minimum absolute atomic E-state index is 0.0488. The van der Waals surface area contributed by atoms with Crippen LogP contribution in [0.25, 0.3) is 0 Å². The van der Waals surface area contributed by atoms with Crippen molar-refractivity contribution >= 4 is 39.9 Å². The van der Waals surface area contributed by atoms with Crippen LogP contribution < -0.4 is 5.32 Å². The van der Waals surface area contributed by atoms with E-state index in [1.807, 2.05) is 6.92 Å². The fraction of sp³-hybridized carbons (Fsp3) is 0.412. The minimum Gasteiger partial charge on any atom is -0.465 e.